The Bertz CT molecular complexity index is 2120. The maximum atomic E-state index is 13.1. The van der Waals surface area contributed by atoms with Crippen LogP contribution in [-0.4, -0.2) is 41.9 Å². The second-order valence-electron chi connectivity index (χ2n) is 11.2. The zero-order valence-corrected chi connectivity index (χ0v) is 27.1. The van der Waals surface area contributed by atoms with Crippen LogP contribution in [0.3, 0.4) is 0 Å². The van der Waals surface area contributed by atoms with Crippen LogP contribution in [0.2, 0.25) is 5.02 Å². The lowest BCUT2D eigenvalue weighted by Crippen LogP contribution is -2.39. The molecule has 0 spiro atoms. The lowest BCUT2D eigenvalue weighted by molar-refractivity contribution is -0.137. The number of aromatic nitrogens is 1. The molecule has 0 saturated carbocycles. The molecule has 5 amide bonds. The Morgan fingerprint density at radius 3 is 2.45 bits per heavy atom. The Kier molecular flexibility index (Phi) is 10.1. The molecular formula is C35H27ClF3N5O7. The van der Waals surface area contributed by atoms with Gasteiger partial charge in [-0.3, -0.25) is 24.7 Å². The molecule has 16 heteroatoms. The number of imide groups is 1. The van der Waals surface area contributed by atoms with Crippen molar-refractivity contribution in [1.29, 1.82) is 0 Å². The highest BCUT2D eigenvalue weighted by atomic mass is 35.5. The van der Waals surface area contributed by atoms with Crippen LogP contribution in [0.25, 0.3) is 11.0 Å². The van der Waals surface area contributed by atoms with Gasteiger partial charge in [0.15, 0.2) is 0 Å². The van der Waals surface area contributed by atoms with E-state index in [-0.39, 0.29) is 42.8 Å². The Morgan fingerprint density at radius 2 is 1.69 bits per heavy atom. The predicted molar refractivity (Wildman–Crippen MR) is 179 cm³/mol. The van der Waals surface area contributed by atoms with E-state index in [2.05, 4.69) is 26.3 Å². The van der Waals surface area contributed by atoms with Crippen molar-refractivity contribution in [3.05, 3.63) is 107 Å². The molecule has 262 valence electrons. The van der Waals surface area contributed by atoms with Crippen LogP contribution >= 0.6 is 11.6 Å². The lowest BCUT2D eigenvalue weighted by Gasteiger charge is -2.19. The van der Waals surface area contributed by atoms with Gasteiger partial charge in [-0.1, -0.05) is 11.6 Å². The van der Waals surface area contributed by atoms with Gasteiger partial charge in [0.2, 0.25) is 11.8 Å². The van der Waals surface area contributed by atoms with Gasteiger partial charge in [0.05, 0.1) is 29.3 Å². The second-order valence-corrected chi connectivity index (χ2v) is 11.6. The Balaban J connectivity index is 0.980. The van der Waals surface area contributed by atoms with Crippen LogP contribution in [0.15, 0.2) is 89.7 Å². The van der Waals surface area contributed by atoms with Gasteiger partial charge < -0.3 is 29.8 Å². The molecule has 1 unspecified atom stereocenters. The number of nitrogens with one attached hydrogen (secondary N) is 4. The second kappa shape index (κ2) is 14.8. The number of hydrogen-bond acceptors (Lipinski definition) is 8. The van der Waals surface area contributed by atoms with Crippen molar-refractivity contribution < 1.29 is 46.2 Å². The van der Waals surface area contributed by atoms with Gasteiger partial charge >= 0.3 is 12.2 Å². The highest BCUT2D eigenvalue weighted by Crippen LogP contribution is 2.37. The number of carbonyl (C=O) groups is 4. The number of alkyl halides is 3. The van der Waals surface area contributed by atoms with E-state index < -0.39 is 34.6 Å². The first-order valence-electron chi connectivity index (χ1n) is 15.4. The maximum absolute atomic E-state index is 13.1. The van der Waals surface area contributed by atoms with Gasteiger partial charge in [-0.15, -0.1) is 0 Å². The molecule has 1 fully saturated rings. The number of rotatable bonds is 10. The quantitative estimate of drug-likeness (QED) is 0.0866. The summed E-state index contributed by atoms with van der Waals surface area (Å²) in [4.78, 5) is 53.1. The summed E-state index contributed by atoms with van der Waals surface area (Å²) in [7, 11) is 0. The van der Waals surface area contributed by atoms with Crippen molar-refractivity contribution in [1.82, 2.24) is 15.6 Å². The first kappa shape index (κ1) is 34.8. The number of halogens is 4. The average Bonchev–Trinajstić information content (AvgIpc) is 3.51. The van der Waals surface area contributed by atoms with Crippen LogP contribution in [0.1, 0.15) is 40.4 Å². The van der Waals surface area contributed by atoms with Crippen molar-refractivity contribution in [2.24, 2.45) is 0 Å². The molecule has 0 bridgehead atoms. The van der Waals surface area contributed by atoms with Gasteiger partial charge in [0, 0.05) is 41.0 Å². The lowest BCUT2D eigenvalue weighted by atomic mass is 9.90. The molecule has 0 aliphatic carbocycles. The van der Waals surface area contributed by atoms with E-state index in [1.54, 1.807) is 36.4 Å². The zero-order valence-electron chi connectivity index (χ0n) is 26.3. The summed E-state index contributed by atoms with van der Waals surface area (Å²) in [6.45, 7) is 0.282. The number of benzene rings is 3. The minimum absolute atomic E-state index is 0.0898. The predicted octanol–water partition coefficient (Wildman–Crippen LogP) is 7.27. The third kappa shape index (κ3) is 8.56. The highest BCUT2D eigenvalue weighted by Gasteiger charge is 2.33. The number of nitrogens with zero attached hydrogens (tertiary/aromatic N) is 1. The van der Waals surface area contributed by atoms with Crippen LogP contribution < -0.4 is 30.7 Å². The molecule has 2 aromatic heterocycles. The van der Waals surface area contributed by atoms with Crippen LogP contribution in [0, 0.1) is 0 Å². The molecular weight excluding hydrogens is 695 g/mol. The molecule has 12 nitrogen and oxygen atoms in total. The number of anilines is 2. The SMILES string of the molecule is O=C1CCC(c2coc3ccc(OCCNC(=O)c4cc(Oc5ccc(NC(=O)Nc6ccc(Cl)c(C(F)(F)F)c6)cc5)ccn4)cc23)C(=O)N1. The van der Waals surface area contributed by atoms with E-state index in [1.165, 1.54) is 36.7 Å². The maximum Gasteiger partial charge on any atom is 0.417 e. The zero-order chi connectivity index (χ0) is 36.1. The van der Waals surface area contributed by atoms with Crippen molar-refractivity contribution in [3.63, 3.8) is 0 Å². The molecule has 1 aliphatic rings. The summed E-state index contributed by atoms with van der Waals surface area (Å²) in [5.41, 5.74) is 0.499. The fourth-order valence-corrected chi connectivity index (χ4v) is 5.48. The number of amides is 5. The van der Waals surface area contributed by atoms with Gasteiger partial charge in [-0.2, -0.15) is 13.2 Å². The summed E-state index contributed by atoms with van der Waals surface area (Å²) in [6.07, 6.45) is -1.13. The Hall–Kier alpha value is -6.09. The van der Waals surface area contributed by atoms with E-state index in [0.717, 1.165) is 12.1 Å². The van der Waals surface area contributed by atoms with Crippen molar-refractivity contribution in [2.75, 3.05) is 23.8 Å². The normalized spacial score (nSPS) is 14.5. The molecule has 51 heavy (non-hydrogen) atoms. The fraction of sp³-hybridized carbons (Fsp3) is 0.171. The number of furan rings is 1. The third-order valence-corrected chi connectivity index (χ3v) is 8.02. The van der Waals surface area contributed by atoms with Crippen molar-refractivity contribution >= 4 is 57.7 Å². The molecule has 1 atom stereocenters. The molecule has 1 saturated heterocycles. The van der Waals surface area contributed by atoms with Gasteiger partial charge in [0.1, 0.15) is 35.1 Å². The molecule has 0 radical (unpaired) electrons. The van der Waals surface area contributed by atoms with Crippen LogP contribution in [0.4, 0.5) is 29.3 Å². The topological polar surface area (TPSA) is 161 Å². The van der Waals surface area contributed by atoms with E-state index in [0.29, 0.717) is 45.9 Å². The first-order valence-corrected chi connectivity index (χ1v) is 15.8. The Labute approximate surface area is 292 Å². The summed E-state index contributed by atoms with van der Waals surface area (Å²) in [5.74, 6) is -0.462. The molecule has 4 N–H and O–H groups in total. The summed E-state index contributed by atoms with van der Waals surface area (Å²) >= 11 is 5.62. The molecule has 1 aliphatic heterocycles. The average molecular weight is 722 g/mol. The number of hydrogen-bond donors (Lipinski definition) is 4. The molecule has 6 rings (SSSR count). The fourth-order valence-electron chi connectivity index (χ4n) is 5.26. The number of carbonyl (C=O) groups excluding carboxylic acids is 4. The number of piperidine rings is 1. The van der Waals surface area contributed by atoms with Gasteiger partial charge in [0.25, 0.3) is 5.91 Å². The van der Waals surface area contributed by atoms with E-state index in [1.807, 2.05) is 0 Å². The monoisotopic (exact) mass is 721 g/mol. The molecule has 3 aromatic carbocycles. The first-order chi connectivity index (χ1) is 24.4. The van der Waals surface area contributed by atoms with E-state index >= 15 is 0 Å². The van der Waals surface area contributed by atoms with Crippen molar-refractivity contribution in [3.8, 4) is 17.2 Å². The Morgan fingerprint density at radius 1 is 0.941 bits per heavy atom. The van der Waals surface area contributed by atoms with Crippen LogP contribution in [-0.2, 0) is 15.8 Å². The standard InChI is InChI=1S/C35H27ClF3N5O7/c36-28-8-3-20(15-27(28)35(37,38)39)43-34(48)42-19-1-4-21(5-2-19)51-23-11-12-40-29(17-23)33(47)41-13-14-49-22-6-9-30-25(16-22)26(18-50-30)24-7-10-31(45)44-32(24)46/h1-6,8-9,11-12,15-18,24H,7,10,13-14H2,(H,41,47)(H2,42,43,48)(H,44,45,46). The van der Waals surface area contributed by atoms with Gasteiger partial charge in [-0.25, -0.2) is 4.79 Å². The summed E-state index contributed by atoms with van der Waals surface area (Å²) < 4.78 is 56.6. The molecule has 3 heterocycles. The van der Waals surface area contributed by atoms with E-state index in [4.69, 9.17) is 25.5 Å². The third-order valence-electron chi connectivity index (χ3n) is 7.69. The smallest absolute Gasteiger partial charge is 0.417 e. The number of ether oxygens (including phenoxy) is 2. The number of urea groups is 1. The van der Waals surface area contributed by atoms with Crippen molar-refractivity contribution in [2.45, 2.75) is 24.9 Å². The number of fused-ring (bicyclic) bond motifs is 1. The van der Waals surface area contributed by atoms with E-state index in [9.17, 15) is 32.3 Å². The summed E-state index contributed by atoms with van der Waals surface area (Å²) in [6, 6.07) is 16.6. The number of pyridine rings is 1. The van der Waals surface area contributed by atoms with Crippen LogP contribution in [0.5, 0.6) is 17.2 Å². The minimum Gasteiger partial charge on any atom is -0.492 e. The molecule has 5 aromatic rings. The summed E-state index contributed by atoms with van der Waals surface area (Å²) in [5, 5.41) is 10.1. The van der Waals surface area contributed by atoms with Gasteiger partial charge in [-0.05, 0) is 73.2 Å². The minimum atomic E-state index is -4.68. The largest absolute Gasteiger partial charge is 0.492 e. The highest BCUT2D eigenvalue weighted by molar-refractivity contribution is 6.31.